The molecule has 2 aromatic carbocycles. The van der Waals surface area contributed by atoms with Gasteiger partial charge in [-0.25, -0.2) is 21.2 Å². The molecule has 0 aliphatic heterocycles. The number of sulfone groups is 1. The first kappa shape index (κ1) is 25.1. The molecule has 12 heteroatoms. The highest BCUT2D eigenvalue weighted by Gasteiger charge is 2.37. The van der Waals surface area contributed by atoms with Crippen molar-refractivity contribution in [2.75, 3.05) is 10.6 Å². The smallest absolute Gasteiger partial charge is 0.264 e. The van der Waals surface area contributed by atoms with Gasteiger partial charge >= 0.3 is 0 Å². The Bertz CT molecular complexity index is 1400. The molecule has 0 saturated heterocycles. The van der Waals surface area contributed by atoms with Gasteiger partial charge in [0.15, 0.2) is 15.7 Å². The Morgan fingerprint density at radius 3 is 2.21 bits per heavy atom. The first-order chi connectivity index (χ1) is 15.1. The van der Waals surface area contributed by atoms with E-state index in [2.05, 4.69) is 10.2 Å². The Morgan fingerprint density at radius 2 is 1.67 bits per heavy atom. The van der Waals surface area contributed by atoms with E-state index in [1.54, 1.807) is 46.0 Å². The minimum absolute atomic E-state index is 0.00495. The summed E-state index contributed by atoms with van der Waals surface area (Å²) >= 11 is 6.06. The normalized spacial score (nSPS) is 12.7. The van der Waals surface area contributed by atoms with Gasteiger partial charge in [0, 0.05) is 30.5 Å². The molecule has 0 aliphatic carbocycles. The Hall–Kier alpha value is -2.50. The van der Waals surface area contributed by atoms with Crippen LogP contribution in [0.25, 0.3) is 11.4 Å². The molecule has 3 aromatic rings. The maximum atomic E-state index is 14.7. The summed E-state index contributed by atoms with van der Waals surface area (Å²) in [7, 11) is -6.00. The first-order valence-electron chi connectivity index (χ1n) is 9.79. The summed E-state index contributed by atoms with van der Waals surface area (Å²) in [6, 6.07) is 10.1. The quantitative estimate of drug-likeness (QED) is 0.495. The number of halogens is 2. The van der Waals surface area contributed by atoms with Crippen LogP contribution in [0, 0.1) is 5.82 Å². The third-order valence-corrected chi connectivity index (χ3v) is 7.91. The molecule has 0 spiro atoms. The molecular weight excluding hydrogens is 491 g/mol. The van der Waals surface area contributed by atoms with Crippen LogP contribution in [0.3, 0.4) is 0 Å². The minimum atomic E-state index is -4.14. The van der Waals surface area contributed by atoms with Gasteiger partial charge < -0.3 is 4.57 Å². The van der Waals surface area contributed by atoms with Crippen LogP contribution in [0.1, 0.15) is 26.6 Å². The molecule has 8 nitrogen and oxygen atoms in total. The third kappa shape index (κ3) is 5.20. The van der Waals surface area contributed by atoms with Crippen molar-refractivity contribution < 1.29 is 21.2 Å². The van der Waals surface area contributed by atoms with Crippen molar-refractivity contribution in [1.82, 2.24) is 14.8 Å². The van der Waals surface area contributed by atoms with Gasteiger partial charge in [0.1, 0.15) is 17.4 Å². The van der Waals surface area contributed by atoms with E-state index >= 15 is 0 Å². The fourth-order valence-corrected chi connectivity index (χ4v) is 6.12. The number of hydrogen-bond donors (Lipinski definition) is 0. The van der Waals surface area contributed by atoms with Crippen molar-refractivity contribution in [3.05, 3.63) is 59.1 Å². The predicted octanol–water partition coefficient (Wildman–Crippen LogP) is 3.81. The molecule has 1 aromatic heterocycles. The van der Waals surface area contributed by atoms with Crippen molar-refractivity contribution in [3.63, 3.8) is 0 Å². The molecule has 0 unspecified atom stereocenters. The van der Waals surface area contributed by atoms with E-state index < -0.39 is 31.2 Å². The number of rotatable bonds is 6. The molecule has 3 rings (SSSR count). The SMILES string of the molecule is Cn1c(CS(C)(=O)=O)nnc1-c1cc(Cl)c(F)cc1N(C(C)(C)C)S(=O)(=O)c1ccccc1. The molecule has 0 atom stereocenters. The minimum Gasteiger partial charge on any atom is -0.313 e. The van der Waals surface area contributed by atoms with Gasteiger partial charge in [-0.15, -0.1) is 10.2 Å². The number of benzene rings is 2. The number of aromatic nitrogens is 3. The van der Waals surface area contributed by atoms with E-state index in [0.29, 0.717) is 0 Å². The number of hydrogen-bond acceptors (Lipinski definition) is 6. The van der Waals surface area contributed by atoms with Crippen LogP contribution in [-0.2, 0) is 32.7 Å². The average molecular weight is 515 g/mol. The zero-order valence-electron chi connectivity index (χ0n) is 18.7. The van der Waals surface area contributed by atoms with E-state index in [1.165, 1.54) is 22.8 Å². The second kappa shape index (κ2) is 8.69. The average Bonchev–Trinajstić information content (AvgIpc) is 3.02. The largest absolute Gasteiger partial charge is 0.313 e. The summed E-state index contributed by atoms with van der Waals surface area (Å²) in [5, 5.41) is 7.77. The van der Waals surface area contributed by atoms with Crippen molar-refractivity contribution in [2.24, 2.45) is 7.05 Å². The maximum absolute atomic E-state index is 14.7. The van der Waals surface area contributed by atoms with E-state index in [0.717, 1.165) is 16.6 Å². The molecule has 0 saturated carbocycles. The molecular formula is C21H24ClFN4O4S2. The van der Waals surface area contributed by atoms with Crippen molar-refractivity contribution in [3.8, 4) is 11.4 Å². The predicted molar refractivity (Wildman–Crippen MR) is 126 cm³/mol. The van der Waals surface area contributed by atoms with Crippen LogP contribution < -0.4 is 4.31 Å². The molecule has 0 amide bonds. The summed E-state index contributed by atoms with van der Waals surface area (Å²) < 4.78 is 68.1. The summed E-state index contributed by atoms with van der Waals surface area (Å²) in [6.07, 6.45) is 1.06. The monoisotopic (exact) mass is 514 g/mol. The standard InChI is InChI=1S/C21H24ClFN4O4S2/c1-21(2,3)27(33(30,31)14-9-7-6-8-10-14)18-12-17(23)16(22)11-15(18)20-25-24-19(26(20)4)13-32(5,28)29/h6-12H,13H2,1-5H3. The fraction of sp³-hybridized carbons (Fsp3) is 0.333. The zero-order chi connectivity index (χ0) is 24.8. The van der Waals surface area contributed by atoms with E-state index in [4.69, 9.17) is 11.6 Å². The highest BCUT2D eigenvalue weighted by molar-refractivity contribution is 7.93. The lowest BCUT2D eigenvalue weighted by molar-refractivity contribution is 0.534. The van der Waals surface area contributed by atoms with E-state index in [-0.39, 0.29) is 38.6 Å². The number of nitrogens with zero attached hydrogens (tertiary/aromatic N) is 4. The van der Waals surface area contributed by atoms with Crippen LogP contribution in [-0.4, -0.2) is 43.4 Å². The second-order valence-corrected chi connectivity index (χ2v) is 12.9. The van der Waals surface area contributed by atoms with Crippen LogP contribution in [0.4, 0.5) is 10.1 Å². The highest BCUT2D eigenvalue weighted by atomic mass is 35.5. The molecule has 0 radical (unpaired) electrons. The molecule has 0 fully saturated rings. The first-order valence-corrected chi connectivity index (χ1v) is 13.7. The Morgan fingerprint density at radius 1 is 1.06 bits per heavy atom. The lowest BCUT2D eigenvalue weighted by Crippen LogP contribution is -2.46. The lowest BCUT2D eigenvalue weighted by atomic mass is 10.1. The van der Waals surface area contributed by atoms with Gasteiger partial charge in [-0.3, -0.25) is 4.31 Å². The van der Waals surface area contributed by atoms with Crippen LogP contribution in [0.15, 0.2) is 47.4 Å². The van der Waals surface area contributed by atoms with Gasteiger partial charge in [0.2, 0.25) is 0 Å². The molecule has 178 valence electrons. The summed E-state index contributed by atoms with van der Waals surface area (Å²) in [6.45, 7) is 5.03. The van der Waals surface area contributed by atoms with Gasteiger partial charge in [-0.05, 0) is 39.0 Å². The highest BCUT2D eigenvalue weighted by Crippen LogP contribution is 2.40. The number of sulfonamides is 1. The molecule has 1 heterocycles. The lowest BCUT2D eigenvalue weighted by Gasteiger charge is -2.37. The summed E-state index contributed by atoms with van der Waals surface area (Å²) in [5.41, 5.74) is -0.835. The van der Waals surface area contributed by atoms with Gasteiger partial charge in [0.05, 0.1) is 15.6 Å². The number of anilines is 1. The van der Waals surface area contributed by atoms with Crippen LogP contribution in [0.5, 0.6) is 0 Å². The van der Waals surface area contributed by atoms with Crippen LogP contribution in [0.2, 0.25) is 5.02 Å². The third-order valence-electron chi connectivity index (χ3n) is 4.75. The summed E-state index contributed by atoms with van der Waals surface area (Å²) in [4.78, 5) is 0.0250. The molecule has 0 N–H and O–H groups in total. The maximum Gasteiger partial charge on any atom is 0.264 e. The van der Waals surface area contributed by atoms with E-state index in [9.17, 15) is 21.2 Å². The Kier molecular flexibility index (Phi) is 6.62. The Balaban J connectivity index is 2.32. The zero-order valence-corrected chi connectivity index (χ0v) is 21.1. The Labute approximate surface area is 198 Å². The van der Waals surface area contributed by atoms with Gasteiger partial charge in [0.25, 0.3) is 10.0 Å². The van der Waals surface area contributed by atoms with Crippen molar-refractivity contribution in [2.45, 2.75) is 37.0 Å². The molecule has 0 bridgehead atoms. The van der Waals surface area contributed by atoms with Crippen molar-refractivity contribution >= 4 is 37.1 Å². The fourth-order valence-electron chi connectivity index (χ4n) is 3.39. The van der Waals surface area contributed by atoms with Gasteiger partial charge in [-0.2, -0.15) is 0 Å². The van der Waals surface area contributed by atoms with Crippen LogP contribution >= 0.6 is 11.6 Å². The topological polar surface area (TPSA) is 102 Å². The molecule has 0 aliphatic rings. The van der Waals surface area contributed by atoms with E-state index in [1.807, 2.05) is 0 Å². The van der Waals surface area contributed by atoms with Gasteiger partial charge in [-0.1, -0.05) is 29.8 Å². The second-order valence-electron chi connectivity index (χ2n) is 8.61. The summed E-state index contributed by atoms with van der Waals surface area (Å²) in [5.74, 6) is -0.895. The molecule has 33 heavy (non-hydrogen) atoms. The van der Waals surface area contributed by atoms with Crippen molar-refractivity contribution in [1.29, 1.82) is 0 Å².